The minimum Gasteiger partial charge on any atom is -0.300 e. The summed E-state index contributed by atoms with van der Waals surface area (Å²) in [7, 11) is 0. The molecule has 0 aromatic rings. The lowest BCUT2D eigenvalue weighted by atomic mass is 10.1. The number of ketones is 1. The van der Waals surface area contributed by atoms with E-state index in [0.717, 1.165) is 5.57 Å². The minimum absolute atomic E-state index is 0.146. The van der Waals surface area contributed by atoms with Gasteiger partial charge in [0.2, 0.25) is 0 Å². The first-order valence-corrected chi connectivity index (χ1v) is 3.14. The highest BCUT2D eigenvalue weighted by atomic mass is 16.1. The number of allylic oxidation sites excluding steroid dienone is 4. The summed E-state index contributed by atoms with van der Waals surface area (Å²) in [5.41, 5.74) is 0.919. The average molecular weight is 136 g/mol. The molecule has 0 aliphatic carbocycles. The summed E-state index contributed by atoms with van der Waals surface area (Å²) in [5.74, 6) is 0.146. The van der Waals surface area contributed by atoms with Gasteiger partial charge in [-0.1, -0.05) is 31.4 Å². The van der Waals surface area contributed by atoms with Gasteiger partial charge in [0.15, 0.2) is 0 Å². The van der Waals surface area contributed by atoms with Crippen LogP contribution in [0.3, 0.4) is 0 Å². The smallest absolute Gasteiger partial charge is 0.134 e. The number of carbonyl (C=O) groups is 1. The fourth-order valence-electron chi connectivity index (χ4n) is 0.638. The van der Waals surface area contributed by atoms with E-state index in [1.165, 1.54) is 0 Å². The van der Waals surface area contributed by atoms with Crippen molar-refractivity contribution in [1.29, 1.82) is 0 Å². The maximum Gasteiger partial charge on any atom is 0.134 e. The molecule has 1 nitrogen and oxygen atoms in total. The van der Waals surface area contributed by atoms with Crippen molar-refractivity contribution in [2.24, 2.45) is 0 Å². The summed E-state index contributed by atoms with van der Waals surface area (Å²) in [6.07, 6.45) is 5.56. The van der Waals surface area contributed by atoms with Crippen LogP contribution in [0.15, 0.2) is 37.0 Å². The van der Waals surface area contributed by atoms with Crippen LogP contribution in [0.2, 0.25) is 0 Å². The first-order valence-electron chi connectivity index (χ1n) is 3.14. The molecule has 54 valence electrons. The van der Waals surface area contributed by atoms with E-state index in [2.05, 4.69) is 13.2 Å². The summed E-state index contributed by atoms with van der Waals surface area (Å²) in [4.78, 5) is 10.6. The van der Waals surface area contributed by atoms with Crippen molar-refractivity contribution >= 4 is 5.78 Å². The lowest BCUT2D eigenvalue weighted by Crippen LogP contribution is -1.90. The van der Waals surface area contributed by atoms with Crippen LogP contribution in [-0.2, 0) is 4.79 Å². The highest BCUT2D eigenvalue weighted by Crippen LogP contribution is 2.02. The largest absolute Gasteiger partial charge is 0.300 e. The van der Waals surface area contributed by atoms with Gasteiger partial charge < -0.3 is 0 Å². The quantitative estimate of drug-likeness (QED) is 0.542. The second-order valence-electron chi connectivity index (χ2n) is 2.06. The van der Waals surface area contributed by atoms with E-state index in [0.29, 0.717) is 6.42 Å². The lowest BCUT2D eigenvalue weighted by Gasteiger charge is -1.93. The topological polar surface area (TPSA) is 17.1 Å². The number of rotatable bonds is 4. The Hall–Kier alpha value is -1.11. The van der Waals surface area contributed by atoms with Gasteiger partial charge in [-0.25, -0.2) is 0 Å². The maximum atomic E-state index is 10.6. The molecular formula is C9H12O. The Kier molecular flexibility index (Phi) is 4.21. The van der Waals surface area contributed by atoms with Crippen molar-refractivity contribution in [2.75, 3.05) is 0 Å². The molecule has 0 aromatic heterocycles. The first kappa shape index (κ1) is 8.89. The summed E-state index contributed by atoms with van der Waals surface area (Å²) in [5, 5.41) is 0. The third-order valence-electron chi connectivity index (χ3n) is 1.05. The van der Waals surface area contributed by atoms with Crippen LogP contribution in [0, 0.1) is 0 Å². The van der Waals surface area contributed by atoms with Gasteiger partial charge in [0.1, 0.15) is 5.78 Å². The van der Waals surface area contributed by atoms with Crippen molar-refractivity contribution in [3.8, 4) is 0 Å². The fraction of sp³-hybridized carbons (Fsp3) is 0.222. The van der Waals surface area contributed by atoms with Gasteiger partial charge in [0.05, 0.1) is 0 Å². The van der Waals surface area contributed by atoms with E-state index in [9.17, 15) is 4.79 Å². The minimum atomic E-state index is 0.146. The zero-order chi connectivity index (χ0) is 7.98. The Morgan fingerprint density at radius 3 is 2.40 bits per heavy atom. The molecule has 0 aromatic carbocycles. The van der Waals surface area contributed by atoms with Crippen molar-refractivity contribution in [1.82, 2.24) is 0 Å². The standard InChI is InChI=1S/C9H12O/c1-4-6-9(5-2)7-8(3)10/h4-6H,1-2,7H2,3H3/b9-6-. The predicted molar refractivity (Wildman–Crippen MR) is 43.8 cm³/mol. The number of hydrogen-bond donors (Lipinski definition) is 0. The molecular weight excluding hydrogens is 124 g/mol. The molecule has 0 spiro atoms. The Labute approximate surface area is 61.8 Å². The molecule has 0 heterocycles. The number of Topliss-reactive ketones (excluding diaryl/α,β-unsaturated/α-hetero) is 1. The van der Waals surface area contributed by atoms with E-state index < -0.39 is 0 Å². The van der Waals surface area contributed by atoms with Crippen LogP contribution >= 0.6 is 0 Å². The molecule has 1 heteroatoms. The molecule has 0 saturated carbocycles. The number of hydrogen-bond acceptors (Lipinski definition) is 1. The van der Waals surface area contributed by atoms with Gasteiger partial charge in [-0.2, -0.15) is 0 Å². The first-order chi connectivity index (χ1) is 4.70. The average Bonchev–Trinajstić information content (AvgIpc) is 1.86. The van der Waals surface area contributed by atoms with E-state index >= 15 is 0 Å². The van der Waals surface area contributed by atoms with E-state index in [1.807, 2.05) is 0 Å². The molecule has 10 heavy (non-hydrogen) atoms. The fourth-order valence-corrected chi connectivity index (χ4v) is 0.638. The van der Waals surface area contributed by atoms with Gasteiger partial charge in [-0.15, -0.1) is 0 Å². The molecule has 0 aliphatic rings. The van der Waals surface area contributed by atoms with E-state index in [1.54, 1.807) is 25.2 Å². The molecule has 0 fully saturated rings. The summed E-state index contributed by atoms with van der Waals surface area (Å²) in [6.45, 7) is 8.64. The normalized spacial score (nSPS) is 10.7. The highest BCUT2D eigenvalue weighted by Gasteiger charge is 1.94. The van der Waals surface area contributed by atoms with Crippen LogP contribution < -0.4 is 0 Å². The monoisotopic (exact) mass is 136 g/mol. The molecule has 0 saturated heterocycles. The van der Waals surface area contributed by atoms with Crippen LogP contribution in [0.5, 0.6) is 0 Å². The third kappa shape index (κ3) is 3.84. The lowest BCUT2D eigenvalue weighted by molar-refractivity contribution is -0.116. The third-order valence-corrected chi connectivity index (χ3v) is 1.05. The molecule has 0 unspecified atom stereocenters. The van der Waals surface area contributed by atoms with E-state index in [4.69, 9.17) is 0 Å². The highest BCUT2D eigenvalue weighted by molar-refractivity contribution is 5.78. The molecule has 0 rings (SSSR count). The van der Waals surface area contributed by atoms with Crippen LogP contribution in [0.1, 0.15) is 13.3 Å². The van der Waals surface area contributed by atoms with Crippen LogP contribution in [0.4, 0.5) is 0 Å². The van der Waals surface area contributed by atoms with Gasteiger partial charge in [-0.05, 0) is 12.5 Å². The SMILES string of the molecule is C=C/C=C(/C=C)CC(C)=O. The molecule has 0 amide bonds. The van der Waals surface area contributed by atoms with Crippen LogP contribution in [-0.4, -0.2) is 5.78 Å². The molecule has 0 aliphatic heterocycles. The summed E-state index contributed by atoms with van der Waals surface area (Å²) >= 11 is 0. The second-order valence-corrected chi connectivity index (χ2v) is 2.06. The van der Waals surface area contributed by atoms with Crippen molar-refractivity contribution in [3.63, 3.8) is 0 Å². The Morgan fingerprint density at radius 1 is 1.50 bits per heavy atom. The zero-order valence-electron chi connectivity index (χ0n) is 6.26. The zero-order valence-corrected chi connectivity index (χ0v) is 6.26. The Balaban J connectivity index is 4.08. The number of carbonyl (C=O) groups excluding carboxylic acids is 1. The second kappa shape index (κ2) is 4.74. The molecule has 0 radical (unpaired) electrons. The van der Waals surface area contributed by atoms with E-state index in [-0.39, 0.29) is 5.78 Å². The van der Waals surface area contributed by atoms with Gasteiger partial charge in [-0.3, -0.25) is 4.79 Å². The Morgan fingerprint density at radius 2 is 2.10 bits per heavy atom. The molecule has 0 bridgehead atoms. The van der Waals surface area contributed by atoms with Crippen molar-refractivity contribution < 1.29 is 4.79 Å². The molecule has 0 N–H and O–H groups in total. The summed E-state index contributed by atoms with van der Waals surface area (Å²) < 4.78 is 0. The summed E-state index contributed by atoms with van der Waals surface area (Å²) in [6, 6.07) is 0. The van der Waals surface area contributed by atoms with Crippen molar-refractivity contribution in [3.05, 3.63) is 37.0 Å². The predicted octanol–water partition coefficient (Wildman–Crippen LogP) is 2.26. The molecule has 0 atom stereocenters. The van der Waals surface area contributed by atoms with Crippen molar-refractivity contribution in [2.45, 2.75) is 13.3 Å². The Bertz CT molecular complexity index is 175. The van der Waals surface area contributed by atoms with Crippen LogP contribution in [0.25, 0.3) is 0 Å². The van der Waals surface area contributed by atoms with Gasteiger partial charge in [0, 0.05) is 6.42 Å². The maximum absolute atomic E-state index is 10.6. The van der Waals surface area contributed by atoms with Gasteiger partial charge >= 0.3 is 0 Å². The van der Waals surface area contributed by atoms with Gasteiger partial charge in [0.25, 0.3) is 0 Å².